The summed E-state index contributed by atoms with van der Waals surface area (Å²) in [6.45, 7) is 3.21. The minimum Gasteiger partial charge on any atom is -0.507 e. The fraction of sp³-hybridized carbons (Fsp3) is 0.318. The number of phenolic OH excluding ortho intramolecular Hbond substituents is 1. The first-order valence-electron chi connectivity index (χ1n) is 9.60. The molecule has 1 N–H and O–H groups in total. The standard InChI is InChI=1S/C22H23NO7/c1-2-28-20-7-3-5-16(17(20)12-24)22(27)23-9-10-29-15(11-23)14-30-21-8-4-6-19(26)18(21)13-25/h3-8,12-13,15,26H,2,9-11,14H2,1H3/t15-/m1/s1. The van der Waals surface area contributed by atoms with Crippen molar-refractivity contribution in [3.8, 4) is 17.2 Å². The molecule has 1 saturated heterocycles. The molecule has 0 unspecified atom stereocenters. The van der Waals surface area contributed by atoms with Gasteiger partial charge in [0.15, 0.2) is 12.6 Å². The second-order valence-corrected chi connectivity index (χ2v) is 6.63. The molecule has 0 spiro atoms. The molecular formula is C22H23NO7. The number of phenols is 1. The molecule has 1 aliphatic heterocycles. The summed E-state index contributed by atoms with van der Waals surface area (Å²) in [4.78, 5) is 37.4. The minimum absolute atomic E-state index is 0.0598. The molecule has 30 heavy (non-hydrogen) atoms. The van der Waals surface area contributed by atoms with Crippen LogP contribution >= 0.6 is 0 Å². The van der Waals surface area contributed by atoms with Crippen molar-refractivity contribution in [2.75, 3.05) is 32.9 Å². The van der Waals surface area contributed by atoms with Gasteiger partial charge in [-0.2, -0.15) is 0 Å². The predicted molar refractivity (Wildman–Crippen MR) is 108 cm³/mol. The molecule has 158 valence electrons. The number of morpholine rings is 1. The highest BCUT2D eigenvalue weighted by molar-refractivity contribution is 6.03. The summed E-state index contributed by atoms with van der Waals surface area (Å²) in [5, 5.41) is 9.75. The van der Waals surface area contributed by atoms with Crippen molar-refractivity contribution < 1.29 is 33.7 Å². The molecule has 8 nitrogen and oxygen atoms in total. The van der Waals surface area contributed by atoms with Crippen LogP contribution in [0.4, 0.5) is 0 Å². The van der Waals surface area contributed by atoms with Gasteiger partial charge in [0.05, 0.1) is 36.4 Å². The molecule has 2 aromatic carbocycles. The number of nitrogens with zero attached hydrogens (tertiary/aromatic N) is 1. The first kappa shape index (κ1) is 21.3. The van der Waals surface area contributed by atoms with E-state index in [0.717, 1.165) is 0 Å². The van der Waals surface area contributed by atoms with E-state index in [4.69, 9.17) is 14.2 Å². The molecule has 0 bridgehead atoms. The number of benzene rings is 2. The highest BCUT2D eigenvalue weighted by atomic mass is 16.5. The van der Waals surface area contributed by atoms with Crippen molar-refractivity contribution >= 4 is 18.5 Å². The fourth-order valence-corrected chi connectivity index (χ4v) is 3.27. The topological polar surface area (TPSA) is 102 Å². The van der Waals surface area contributed by atoms with Crippen LogP contribution in [0.5, 0.6) is 17.2 Å². The molecule has 1 heterocycles. The van der Waals surface area contributed by atoms with Gasteiger partial charge in [-0.15, -0.1) is 0 Å². The number of hydrogen-bond acceptors (Lipinski definition) is 7. The average molecular weight is 413 g/mol. The van der Waals surface area contributed by atoms with Gasteiger partial charge in [0.1, 0.15) is 30.0 Å². The molecule has 1 amide bonds. The third-order valence-corrected chi connectivity index (χ3v) is 4.73. The molecule has 8 heteroatoms. The highest BCUT2D eigenvalue weighted by Crippen LogP contribution is 2.26. The van der Waals surface area contributed by atoms with Crippen LogP contribution in [0.3, 0.4) is 0 Å². The number of ether oxygens (including phenoxy) is 3. The summed E-state index contributed by atoms with van der Waals surface area (Å²) in [6.07, 6.45) is 0.718. The zero-order chi connectivity index (χ0) is 21.5. The molecule has 1 fully saturated rings. The Balaban J connectivity index is 1.70. The van der Waals surface area contributed by atoms with E-state index in [1.807, 2.05) is 0 Å². The molecule has 1 aliphatic rings. The van der Waals surface area contributed by atoms with Crippen molar-refractivity contribution in [1.29, 1.82) is 0 Å². The van der Waals surface area contributed by atoms with E-state index >= 15 is 0 Å². The number of amides is 1. The van der Waals surface area contributed by atoms with E-state index in [1.165, 1.54) is 6.07 Å². The first-order valence-corrected chi connectivity index (χ1v) is 9.60. The second kappa shape index (κ2) is 9.89. The number of aromatic hydroxyl groups is 1. The minimum atomic E-state index is -0.431. The Morgan fingerprint density at radius 2 is 1.83 bits per heavy atom. The van der Waals surface area contributed by atoms with Gasteiger partial charge >= 0.3 is 0 Å². The van der Waals surface area contributed by atoms with Crippen LogP contribution in [0, 0.1) is 0 Å². The van der Waals surface area contributed by atoms with Gasteiger partial charge in [0, 0.05) is 6.54 Å². The Hall–Kier alpha value is -3.39. The Morgan fingerprint density at radius 3 is 2.53 bits per heavy atom. The Bertz CT molecular complexity index is 928. The second-order valence-electron chi connectivity index (χ2n) is 6.63. The fourth-order valence-electron chi connectivity index (χ4n) is 3.27. The van der Waals surface area contributed by atoms with Crippen molar-refractivity contribution in [1.82, 2.24) is 4.90 Å². The maximum atomic E-state index is 13.0. The SMILES string of the molecule is CCOc1cccc(C(=O)N2CCO[C@@H](COc3cccc(O)c3C=O)C2)c1C=O. The van der Waals surface area contributed by atoms with Gasteiger partial charge in [-0.05, 0) is 31.2 Å². The lowest BCUT2D eigenvalue weighted by molar-refractivity contribution is -0.0402. The molecule has 0 radical (unpaired) electrons. The molecule has 2 aromatic rings. The molecule has 1 atom stereocenters. The summed E-state index contributed by atoms with van der Waals surface area (Å²) >= 11 is 0. The van der Waals surface area contributed by atoms with Gasteiger partial charge in [-0.25, -0.2) is 0 Å². The summed E-state index contributed by atoms with van der Waals surface area (Å²) in [6, 6.07) is 9.47. The third kappa shape index (κ3) is 4.60. The van der Waals surface area contributed by atoms with E-state index in [2.05, 4.69) is 0 Å². The lowest BCUT2D eigenvalue weighted by Crippen LogP contribution is -2.47. The van der Waals surface area contributed by atoms with Crippen molar-refractivity contribution in [2.45, 2.75) is 13.0 Å². The van der Waals surface area contributed by atoms with Gasteiger partial charge in [-0.1, -0.05) is 12.1 Å². The van der Waals surface area contributed by atoms with Gasteiger partial charge in [0.25, 0.3) is 5.91 Å². The number of hydrogen-bond donors (Lipinski definition) is 1. The summed E-state index contributed by atoms with van der Waals surface area (Å²) < 4.78 is 16.8. The van der Waals surface area contributed by atoms with E-state index in [9.17, 15) is 19.5 Å². The summed E-state index contributed by atoms with van der Waals surface area (Å²) in [7, 11) is 0. The van der Waals surface area contributed by atoms with Crippen LogP contribution in [0.2, 0.25) is 0 Å². The Kier molecular flexibility index (Phi) is 7.03. The van der Waals surface area contributed by atoms with Crippen LogP contribution in [0.1, 0.15) is 38.0 Å². The average Bonchev–Trinajstić information content (AvgIpc) is 2.77. The Labute approximate surface area is 174 Å². The number of carbonyl (C=O) groups is 3. The summed E-state index contributed by atoms with van der Waals surface area (Å²) in [5.41, 5.74) is 0.553. The first-order chi connectivity index (χ1) is 14.6. The number of carbonyl (C=O) groups excluding carboxylic acids is 3. The predicted octanol–water partition coefficient (Wildman–Crippen LogP) is 2.34. The van der Waals surface area contributed by atoms with Crippen molar-refractivity contribution in [2.24, 2.45) is 0 Å². The zero-order valence-electron chi connectivity index (χ0n) is 16.6. The van der Waals surface area contributed by atoms with Crippen LogP contribution in [0.15, 0.2) is 36.4 Å². The molecule has 0 aliphatic carbocycles. The van der Waals surface area contributed by atoms with Crippen LogP contribution < -0.4 is 9.47 Å². The maximum absolute atomic E-state index is 13.0. The Morgan fingerprint density at radius 1 is 1.13 bits per heavy atom. The third-order valence-electron chi connectivity index (χ3n) is 4.73. The molecule has 3 rings (SSSR count). The van der Waals surface area contributed by atoms with Crippen LogP contribution in [-0.2, 0) is 4.74 Å². The quantitative estimate of drug-likeness (QED) is 0.663. The van der Waals surface area contributed by atoms with E-state index in [1.54, 1.807) is 42.2 Å². The molecular weight excluding hydrogens is 390 g/mol. The van der Waals surface area contributed by atoms with Crippen LogP contribution in [-0.4, -0.2) is 67.5 Å². The normalized spacial score (nSPS) is 16.0. The van der Waals surface area contributed by atoms with Crippen molar-refractivity contribution in [3.63, 3.8) is 0 Å². The van der Waals surface area contributed by atoms with Gasteiger partial charge in [0.2, 0.25) is 0 Å². The van der Waals surface area contributed by atoms with Gasteiger partial charge < -0.3 is 24.2 Å². The van der Waals surface area contributed by atoms with E-state index < -0.39 is 6.10 Å². The lowest BCUT2D eigenvalue weighted by Gasteiger charge is -2.33. The van der Waals surface area contributed by atoms with Crippen LogP contribution in [0.25, 0.3) is 0 Å². The van der Waals surface area contributed by atoms with Gasteiger partial charge in [-0.3, -0.25) is 14.4 Å². The molecule has 0 saturated carbocycles. The number of rotatable bonds is 8. The lowest BCUT2D eigenvalue weighted by atomic mass is 10.1. The molecule has 0 aromatic heterocycles. The summed E-state index contributed by atoms with van der Waals surface area (Å²) in [5.74, 6) is 0.152. The maximum Gasteiger partial charge on any atom is 0.254 e. The monoisotopic (exact) mass is 413 g/mol. The van der Waals surface area contributed by atoms with E-state index in [-0.39, 0.29) is 47.2 Å². The zero-order valence-corrected chi connectivity index (χ0v) is 16.6. The van der Waals surface area contributed by atoms with E-state index in [0.29, 0.717) is 38.1 Å². The number of aldehydes is 2. The highest BCUT2D eigenvalue weighted by Gasteiger charge is 2.28. The van der Waals surface area contributed by atoms with Crippen molar-refractivity contribution in [3.05, 3.63) is 53.1 Å². The smallest absolute Gasteiger partial charge is 0.254 e. The largest absolute Gasteiger partial charge is 0.507 e.